The van der Waals surface area contributed by atoms with E-state index < -0.39 is 54.2 Å². The number of nitrogens with two attached hydrogens (primary N) is 1. The summed E-state index contributed by atoms with van der Waals surface area (Å²) in [7, 11) is 0. The number of hydrogen-bond acceptors (Lipinski definition) is 5. The zero-order valence-electron chi connectivity index (χ0n) is 18.0. The van der Waals surface area contributed by atoms with Crippen LogP contribution in [0.2, 0.25) is 0 Å². The molecule has 1 aliphatic rings. The van der Waals surface area contributed by atoms with Gasteiger partial charge in [0.2, 0.25) is 5.91 Å². The number of anilines is 2. The van der Waals surface area contributed by atoms with Gasteiger partial charge in [-0.15, -0.1) is 0 Å². The Hall–Kier alpha value is -2.80. The first kappa shape index (κ1) is 26.5. The molecule has 3 amide bonds. The predicted octanol–water partition coefficient (Wildman–Crippen LogP) is 2.30. The second-order valence-corrected chi connectivity index (χ2v) is 7.90. The minimum absolute atomic E-state index is 0.137. The Morgan fingerprint density at radius 2 is 1.94 bits per heavy atom. The highest BCUT2D eigenvalue weighted by Crippen LogP contribution is 2.32. The van der Waals surface area contributed by atoms with Crippen LogP contribution in [0.5, 0.6) is 0 Å². The fourth-order valence-electron chi connectivity index (χ4n) is 3.44. The molecule has 0 saturated carbocycles. The molecule has 1 aliphatic heterocycles. The van der Waals surface area contributed by atoms with E-state index in [1.807, 2.05) is 0 Å². The lowest BCUT2D eigenvalue weighted by molar-refractivity contribution is -0.158. The summed E-state index contributed by atoms with van der Waals surface area (Å²) in [6, 6.07) is 1.34. The molecule has 2 rings (SSSR count). The molecule has 3 N–H and O–H groups in total. The topological polar surface area (TPSA) is 105 Å². The summed E-state index contributed by atoms with van der Waals surface area (Å²) in [5, 5.41) is 2.10. The molecule has 0 aromatic heterocycles. The number of benzene rings is 1. The maximum Gasteiger partial charge on any atom is 0.401 e. The first-order valence-corrected chi connectivity index (χ1v) is 10.0. The summed E-state index contributed by atoms with van der Waals surface area (Å²) >= 11 is 0. The van der Waals surface area contributed by atoms with E-state index in [9.17, 15) is 36.3 Å². The van der Waals surface area contributed by atoms with E-state index in [2.05, 4.69) is 5.32 Å². The van der Waals surface area contributed by atoms with E-state index in [1.165, 1.54) is 11.0 Å². The summed E-state index contributed by atoms with van der Waals surface area (Å²) in [6.07, 6.45) is -7.83. The summed E-state index contributed by atoms with van der Waals surface area (Å²) in [6.45, 7) is 1.41. The van der Waals surface area contributed by atoms with Gasteiger partial charge in [0.15, 0.2) is 6.04 Å². The number of amides is 3. The Kier molecular flexibility index (Phi) is 8.72. The van der Waals surface area contributed by atoms with Crippen LogP contribution in [0.15, 0.2) is 18.2 Å². The third-order valence-electron chi connectivity index (χ3n) is 4.69. The van der Waals surface area contributed by atoms with Gasteiger partial charge in [0.1, 0.15) is 6.61 Å². The number of nitrogens with zero attached hydrogens (tertiary/aromatic N) is 2. The van der Waals surface area contributed by atoms with Crippen molar-refractivity contribution in [3.63, 3.8) is 0 Å². The van der Waals surface area contributed by atoms with E-state index >= 15 is 0 Å². The summed E-state index contributed by atoms with van der Waals surface area (Å²) in [4.78, 5) is 38.4. The molecule has 33 heavy (non-hydrogen) atoms. The van der Waals surface area contributed by atoms with Crippen molar-refractivity contribution in [1.29, 1.82) is 0 Å². The minimum Gasteiger partial charge on any atom is -0.370 e. The molecule has 184 valence electrons. The van der Waals surface area contributed by atoms with Crippen LogP contribution in [-0.2, 0) is 19.1 Å². The van der Waals surface area contributed by atoms with E-state index in [-0.39, 0.29) is 37.9 Å². The van der Waals surface area contributed by atoms with Crippen LogP contribution in [0.4, 0.5) is 33.3 Å². The van der Waals surface area contributed by atoms with Crippen LogP contribution >= 0.6 is 0 Å². The van der Waals surface area contributed by atoms with Gasteiger partial charge in [0.25, 0.3) is 18.2 Å². The summed E-state index contributed by atoms with van der Waals surface area (Å²) < 4.78 is 71.5. The van der Waals surface area contributed by atoms with Crippen molar-refractivity contribution in [1.82, 2.24) is 4.90 Å². The smallest absolute Gasteiger partial charge is 0.370 e. The fraction of sp³-hybridized carbons (Fsp3) is 0.550. The third kappa shape index (κ3) is 7.35. The Labute approximate surface area is 186 Å². The van der Waals surface area contributed by atoms with Crippen molar-refractivity contribution >= 4 is 29.1 Å². The van der Waals surface area contributed by atoms with Gasteiger partial charge in [-0.25, -0.2) is 8.78 Å². The van der Waals surface area contributed by atoms with Crippen molar-refractivity contribution in [2.24, 2.45) is 11.7 Å². The zero-order chi connectivity index (χ0) is 24.9. The van der Waals surface area contributed by atoms with E-state index in [4.69, 9.17) is 10.5 Å². The molecule has 0 unspecified atom stereocenters. The van der Waals surface area contributed by atoms with Gasteiger partial charge in [-0.2, -0.15) is 13.2 Å². The molecule has 1 aromatic carbocycles. The van der Waals surface area contributed by atoms with Gasteiger partial charge in [-0.05, 0) is 24.1 Å². The maximum atomic E-state index is 13.7. The predicted molar refractivity (Wildman–Crippen MR) is 109 cm³/mol. The Balaban J connectivity index is 2.34. The lowest BCUT2D eigenvalue weighted by Gasteiger charge is -2.31. The average Bonchev–Trinajstić information content (AvgIpc) is 2.66. The maximum absolute atomic E-state index is 13.7. The van der Waals surface area contributed by atoms with E-state index in [0.29, 0.717) is 4.90 Å². The zero-order valence-corrected chi connectivity index (χ0v) is 18.0. The fourth-order valence-corrected chi connectivity index (χ4v) is 3.44. The number of hydrogen-bond donors (Lipinski definition) is 2. The van der Waals surface area contributed by atoms with E-state index in [0.717, 1.165) is 12.1 Å². The van der Waals surface area contributed by atoms with Crippen LogP contribution in [-0.4, -0.2) is 67.7 Å². The number of nitrogens with one attached hydrogen (secondary N) is 1. The molecule has 8 nitrogen and oxygen atoms in total. The molecule has 1 atom stereocenters. The van der Waals surface area contributed by atoms with Gasteiger partial charge in [0, 0.05) is 30.0 Å². The van der Waals surface area contributed by atoms with Crippen molar-refractivity contribution in [2.45, 2.75) is 32.5 Å². The van der Waals surface area contributed by atoms with Gasteiger partial charge < -0.3 is 20.7 Å². The van der Waals surface area contributed by atoms with E-state index in [1.54, 1.807) is 13.8 Å². The molecule has 1 aromatic rings. The lowest BCUT2D eigenvalue weighted by atomic mass is 10.1. The molecule has 0 bridgehead atoms. The second-order valence-electron chi connectivity index (χ2n) is 7.90. The third-order valence-corrected chi connectivity index (χ3v) is 4.69. The Morgan fingerprint density at radius 3 is 2.45 bits per heavy atom. The normalized spacial score (nSPS) is 15.9. The molecule has 0 aliphatic carbocycles. The van der Waals surface area contributed by atoms with Crippen molar-refractivity contribution in [2.75, 3.05) is 43.1 Å². The number of carbonyl (C=O) groups is 3. The van der Waals surface area contributed by atoms with Gasteiger partial charge in [-0.1, -0.05) is 13.8 Å². The van der Waals surface area contributed by atoms with Gasteiger partial charge >= 0.3 is 6.18 Å². The molecular formula is C20H25F5N4O4. The van der Waals surface area contributed by atoms with Crippen molar-refractivity contribution in [3.05, 3.63) is 23.8 Å². The van der Waals surface area contributed by atoms with Crippen LogP contribution < -0.4 is 16.0 Å². The molecule has 0 spiro atoms. The van der Waals surface area contributed by atoms with Gasteiger partial charge in [0.05, 0.1) is 13.2 Å². The highest BCUT2D eigenvalue weighted by Gasteiger charge is 2.39. The standard InChI is InChI=1S/C20H25F5N4O4/c1-11(2)8-28(10-20(23,24)25)16(18(26)31)19(32)27-14-4-3-12(7-13(14)17(21)22)29-5-6-33-9-15(29)30/h3-4,7,11,16-17H,5-6,8-10H2,1-2H3,(H2,26,31)(H,27,32)/t16-/m1/s1. The quantitative estimate of drug-likeness (QED) is 0.417. The van der Waals surface area contributed by atoms with Gasteiger partial charge in [-0.3, -0.25) is 19.3 Å². The number of alkyl halides is 5. The average molecular weight is 480 g/mol. The summed E-state index contributed by atoms with van der Waals surface area (Å²) in [5.74, 6) is -3.43. The number of halogens is 5. The second kappa shape index (κ2) is 10.9. The Bertz CT molecular complexity index is 879. The Morgan fingerprint density at radius 1 is 1.27 bits per heavy atom. The van der Waals surface area contributed by atoms with Crippen molar-refractivity contribution in [3.8, 4) is 0 Å². The van der Waals surface area contributed by atoms with Crippen LogP contribution in [0, 0.1) is 5.92 Å². The number of carbonyl (C=O) groups excluding carboxylic acids is 3. The number of ether oxygens (including phenoxy) is 1. The molecule has 1 fully saturated rings. The summed E-state index contributed by atoms with van der Waals surface area (Å²) in [5.41, 5.74) is 4.26. The van der Waals surface area contributed by atoms with Crippen LogP contribution in [0.25, 0.3) is 0 Å². The highest BCUT2D eigenvalue weighted by molar-refractivity contribution is 6.10. The SMILES string of the molecule is CC(C)CN(CC(F)(F)F)[C@H](C(N)=O)C(=O)Nc1ccc(N2CCOCC2=O)cc1C(F)F. The first-order valence-electron chi connectivity index (χ1n) is 10.0. The lowest BCUT2D eigenvalue weighted by Crippen LogP contribution is -2.55. The van der Waals surface area contributed by atoms with Crippen LogP contribution in [0.1, 0.15) is 25.8 Å². The number of morpholine rings is 1. The molecule has 1 heterocycles. The molecular weight excluding hydrogens is 455 g/mol. The monoisotopic (exact) mass is 480 g/mol. The largest absolute Gasteiger partial charge is 0.401 e. The minimum atomic E-state index is -4.73. The molecule has 1 saturated heterocycles. The number of rotatable bonds is 9. The first-order chi connectivity index (χ1) is 15.3. The highest BCUT2D eigenvalue weighted by atomic mass is 19.4. The molecule has 0 radical (unpaired) electrons. The van der Waals surface area contributed by atoms with Crippen molar-refractivity contribution < 1.29 is 41.1 Å². The molecule has 13 heteroatoms. The van der Waals surface area contributed by atoms with Crippen LogP contribution in [0.3, 0.4) is 0 Å². The number of primary amides is 1.